The summed E-state index contributed by atoms with van der Waals surface area (Å²) in [4.78, 5) is 21.3. The van der Waals surface area contributed by atoms with Crippen LogP contribution >= 0.6 is 23.5 Å². The number of nitrogens with zero attached hydrogens (tertiary/aromatic N) is 4. The van der Waals surface area contributed by atoms with E-state index < -0.39 is 0 Å². The highest BCUT2D eigenvalue weighted by atomic mass is 35.5. The zero-order chi connectivity index (χ0) is 23.9. The van der Waals surface area contributed by atoms with Crippen LogP contribution in [-0.4, -0.2) is 57.9 Å². The van der Waals surface area contributed by atoms with Crippen molar-refractivity contribution >= 4 is 41.4 Å². The highest BCUT2D eigenvalue weighted by Crippen LogP contribution is 2.23. The molecule has 3 aromatic rings. The average Bonchev–Trinajstić information content (AvgIpc) is 3.29. The van der Waals surface area contributed by atoms with E-state index in [2.05, 4.69) is 47.9 Å². The Morgan fingerprint density at radius 2 is 2.00 bits per heavy atom. The number of rotatable bonds is 9. The first-order valence-electron chi connectivity index (χ1n) is 11.4. The van der Waals surface area contributed by atoms with Gasteiger partial charge in [-0.3, -0.25) is 14.4 Å². The van der Waals surface area contributed by atoms with Crippen molar-refractivity contribution in [3.05, 3.63) is 70.2 Å². The van der Waals surface area contributed by atoms with E-state index >= 15 is 0 Å². The van der Waals surface area contributed by atoms with Crippen LogP contribution in [0.1, 0.15) is 34.3 Å². The van der Waals surface area contributed by atoms with Gasteiger partial charge in [-0.15, -0.1) is 5.10 Å². The molecule has 1 fully saturated rings. The van der Waals surface area contributed by atoms with Gasteiger partial charge in [0.2, 0.25) is 11.9 Å². The summed E-state index contributed by atoms with van der Waals surface area (Å²) in [5, 5.41) is 7.62. The molecule has 1 saturated heterocycles. The number of aromatic amines is 1. The number of halogens is 1. The second-order valence-corrected chi connectivity index (χ2v) is 9.47. The summed E-state index contributed by atoms with van der Waals surface area (Å²) in [6.07, 6.45) is 4.80. The van der Waals surface area contributed by atoms with Crippen molar-refractivity contribution in [3.8, 4) is 0 Å². The Morgan fingerprint density at radius 3 is 2.68 bits per heavy atom. The van der Waals surface area contributed by atoms with E-state index in [9.17, 15) is 4.79 Å². The predicted molar refractivity (Wildman–Crippen MR) is 139 cm³/mol. The molecule has 2 heterocycles. The smallest absolute Gasteiger partial charge is 0.261 e. The lowest BCUT2D eigenvalue weighted by Crippen LogP contribution is -2.45. The fraction of sp³-hybridized carbons (Fsp3) is 0.375. The summed E-state index contributed by atoms with van der Waals surface area (Å²) in [7, 11) is 0. The third-order valence-corrected chi connectivity index (χ3v) is 6.78. The fourth-order valence-electron chi connectivity index (χ4n) is 4.36. The van der Waals surface area contributed by atoms with Gasteiger partial charge in [0.25, 0.3) is 5.91 Å². The SMILES string of the molecule is CSNC(=O)c1cccc(CN(CCc2ccc(Cl)cc2)C2CCN(c3nc(N)n[nH]3)CC2)c1. The number of amides is 1. The van der Waals surface area contributed by atoms with Gasteiger partial charge in [-0.25, -0.2) is 5.10 Å². The van der Waals surface area contributed by atoms with Crippen LogP contribution in [0.25, 0.3) is 0 Å². The number of piperidine rings is 1. The topological polar surface area (TPSA) is 103 Å². The number of anilines is 2. The molecular formula is C24H30ClN7OS. The lowest BCUT2D eigenvalue weighted by atomic mass is 10.0. The number of carbonyl (C=O) groups is 1. The van der Waals surface area contributed by atoms with Crippen LogP contribution in [-0.2, 0) is 13.0 Å². The zero-order valence-electron chi connectivity index (χ0n) is 19.2. The van der Waals surface area contributed by atoms with Crippen LogP contribution in [0.4, 0.5) is 11.9 Å². The van der Waals surface area contributed by atoms with E-state index in [1.54, 1.807) is 0 Å². The minimum atomic E-state index is -0.0679. The van der Waals surface area contributed by atoms with Crippen LogP contribution in [0.15, 0.2) is 48.5 Å². The first kappa shape index (κ1) is 24.4. The third-order valence-electron chi connectivity index (χ3n) is 6.14. The number of H-pyrrole nitrogens is 1. The Hall–Kier alpha value is -2.75. The predicted octanol–water partition coefficient (Wildman–Crippen LogP) is 3.76. The Kier molecular flexibility index (Phi) is 8.31. The number of nitrogens with two attached hydrogens (primary N) is 1. The molecule has 34 heavy (non-hydrogen) atoms. The standard InChI is InChI=1S/C24H30ClN7OS/c1-34-30-22(33)19-4-2-3-18(15-19)16-32(12-9-17-5-7-20(25)8-6-17)21-10-13-31(14-11-21)24-27-23(26)28-29-24/h2-8,15,21H,9-14,16H2,1H3,(H,30,33)(H3,26,27,28,29). The van der Waals surface area contributed by atoms with Gasteiger partial charge in [0.1, 0.15) is 0 Å². The van der Waals surface area contributed by atoms with Crippen molar-refractivity contribution in [1.82, 2.24) is 24.8 Å². The number of nitrogens with one attached hydrogen (secondary N) is 2. The molecule has 0 unspecified atom stereocenters. The normalized spacial score (nSPS) is 14.5. The van der Waals surface area contributed by atoms with Gasteiger partial charge in [-0.1, -0.05) is 47.8 Å². The molecule has 4 rings (SSSR count). The van der Waals surface area contributed by atoms with Crippen molar-refractivity contribution in [3.63, 3.8) is 0 Å². The number of nitrogen functional groups attached to an aromatic ring is 1. The first-order valence-corrected chi connectivity index (χ1v) is 13.0. The van der Waals surface area contributed by atoms with E-state index in [4.69, 9.17) is 17.3 Å². The van der Waals surface area contributed by atoms with Crippen LogP contribution in [0.5, 0.6) is 0 Å². The number of hydrogen-bond acceptors (Lipinski definition) is 7. The Bertz CT molecular complexity index is 1080. The molecule has 180 valence electrons. The van der Waals surface area contributed by atoms with Gasteiger partial charge >= 0.3 is 0 Å². The number of benzene rings is 2. The van der Waals surface area contributed by atoms with Gasteiger partial charge in [0.05, 0.1) is 0 Å². The molecule has 2 aromatic carbocycles. The number of aromatic nitrogens is 3. The zero-order valence-corrected chi connectivity index (χ0v) is 20.8. The van der Waals surface area contributed by atoms with Crippen LogP contribution in [0.3, 0.4) is 0 Å². The summed E-state index contributed by atoms with van der Waals surface area (Å²) in [6.45, 7) is 3.47. The summed E-state index contributed by atoms with van der Waals surface area (Å²) in [6, 6.07) is 16.4. The molecule has 1 aromatic heterocycles. The maximum Gasteiger partial charge on any atom is 0.261 e. The second kappa shape index (κ2) is 11.6. The molecule has 4 N–H and O–H groups in total. The number of carbonyl (C=O) groups excluding carboxylic acids is 1. The molecule has 0 saturated carbocycles. The highest BCUT2D eigenvalue weighted by Gasteiger charge is 2.26. The molecule has 0 spiro atoms. The van der Waals surface area contributed by atoms with Gasteiger partial charge in [-0.2, -0.15) is 4.98 Å². The van der Waals surface area contributed by atoms with E-state index in [0.717, 1.165) is 62.0 Å². The van der Waals surface area contributed by atoms with Crippen molar-refractivity contribution in [2.45, 2.75) is 31.8 Å². The van der Waals surface area contributed by atoms with Crippen molar-refractivity contribution in [1.29, 1.82) is 0 Å². The van der Waals surface area contributed by atoms with E-state index in [0.29, 0.717) is 11.6 Å². The molecule has 0 radical (unpaired) electrons. The monoisotopic (exact) mass is 499 g/mol. The Morgan fingerprint density at radius 1 is 1.24 bits per heavy atom. The minimum Gasteiger partial charge on any atom is -0.366 e. The maximum absolute atomic E-state index is 12.3. The van der Waals surface area contributed by atoms with Crippen molar-refractivity contribution in [2.75, 3.05) is 36.5 Å². The molecule has 1 aliphatic rings. The summed E-state index contributed by atoms with van der Waals surface area (Å²) >= 11 is 7.37. The van der Waals surface area contributed by atoms with Crippen molar-refractivity contribution < 1.29 is 4.79 Å². The molecule has 1 amide bonds. The molecule has 0 bridgehead atoms. The molecule has 8 nitrogen and oxygen atoms in total. The average molecular weight is 500 g/mol. The largest absolute Gasteiger partial charge is 0.366 e. The summed E-state index contributed by atoms with van der Waals surface area (Å²) in [5.74, 6) is 0.935. The van der Waals surface area contributed by atoms with Gasteiger partial charge in [-0.05, 0) is 54.7 Å². The summed E-state index contributed by atoms with van der Waals surface area (Å²) < 4.78 is 2.80. The quantitative estimate of drug-likeness (QED) is 0.385. The second-order valence-electron chi connectivity index (χ2n) is 8.42. The lowest BCUT2D eigenvalue weighted by Gasteiger charge is -2.38. The molecule has 0 atom stereocenters. The molecule has 10 heteroatoms. The fourth-order valence-corrected chi connectivity index (χ4v) is 4.79. The number of hydrogen-bond donors (Lipinski definition) is 3. The Balaban J connectivity index is 1.46. The van der Waals surface area contributed by atoms with Crippen LogP contribution in [0, 0.1) is 0 Å². The first-order chi connectivity index (χ1) is 16.5. The van der Waals surface area contributed by atoms with Crippen LogP contribution < -0.4 is 15.4 Å². The summed E-state index contributed by atoms with van der Waals surface area (Å²) in [5.41, 5.74) is 8.76. The highest BCUT2D eigenvalue weighted by molar-refractivity contribution is 7.97. The Labute approximate surface area is 209 Å². The van der Waals surface area contributed by atoms with Crippen molar-refractivity contribution in [2.24, 2.45) is 0 Å². The molecule has 0 aliphatic carbocycles. The maximum atomic E-state index is 12.3. The third kappa shape index (κ3) is 6.43. The van der Waals surface area contributed by atoms with E-state index in [1.165, 1.54) is 17.5 Å². The van der Waals surface area contributed by atoms with Crippen LogP contribution in [0.2, 0.25) is 5.02 Å². The van der Waals surface area contributed by atoms with Gasteiger partial charge in [0, 0.05) is 49.1 Å². The molecule has 1 aliphatic heterocycles. The minimum absolute atomic E-state index is 0.0679. The lowest BCUT2D eigenvalue weighted by molar-refractivity contribution is 0.0984. The van der Waals surface area contributed by atoms with E-state index in [-0.39, 0.29) is 11.9 Å². The molecular weight excluding hydrogens is 470 g/mol. The van der Waals surface area contributed by atoms with Gasteiger partial charge < -0.3 is 10.6 Å². The van der Waals surface area contributed by atoms with Gasteiger partial charge in [0.15, 0.2) is 0 Å². The van der Waals surface area contributed by atoms with E-state index in [1.807, 2.05) is 36.6 Å².